The normalized spacial score (nSPS) is 12.0. The molecule has 0 radical (unpaired) electrons. The van der Waals surface area contributed by atoms with Gasteiger partial charge < -0.3 is 14.2 Å². The van der Waals surface area contributed by atoms with E-state index in [0.29, 0.717) is 33.4 Å². The van der Waals surface area contributed by atoms with Gasteiger partial charge in [-0.05, 0) is 42.8 Å². The Morgan fingerprint density at radius 3 is 2.58 bits per heavy atom. The smallest absolute Gasteiger partial charge is 0.291 e. The highest BCUT2D eigenvalue weighted by atomic mass is 32.1. The minimum atomic E-state index is -0.204. The van der Waals surface area contributed by atoms with Crippen LogP contribution in [0.3, 0.4) is 0 Å². The third-order valence-electron chi connectivity index (χ3n) is 4.54. The van der Waals surface area contributed by atoms with E-state index < -0.39 is 0 Å². The zero-order chi connectivity index (χ0) is 21.8. The molecular weight excluding hydrogens is 414 g/mol. The van der Waals surface area contributed by atoms with Gasteiger partial charge in [0.05, 0.1) is 25.4 Å². The van der Waals surface area contributed by atoms with Crippen molar-refractivity contribution >= 4 is 34.5 Å². The molecule has 0 bridgehead atoms. The van der Waals surface area contributed by atoms with Crippen LogP contribution in [0.4, 0.5) is 0 Å². The van der Waals surface area contributed by atoms with E-state index in [1.165, 1.54) is 15.9 Å². The number of ether oxygens (including phenoxy) is 3. The average molecular weight is 436 g/mol. The number of thiazole rings is 1. The maximum atomic E-state index is 12.8. The first-order chi connectivity index (χ1) is 15.1. The molecule has 31 heavy (non-hydrogen) atoms. The second-order valence-electron chi connectivity index (χ2n) is 6.50. The van der Waals surface area contributed by atoms with Gasteiger partial charge in [-0.1, -0.05) is 41.7 Å². The van der Waals surface area contributed by atoms with Crippen molar-refractivity contribution in [3.8, 4) is 17.2 Å². The zero-order valence-electron chi connectivity index (χ0n) is 17.4. The lowest BCUT2D eigenvalue weighted by Crippen LogP contribution is -2.23. The summed E-state index contributed by atoms with van der Waals surface area (Å²) in [6, 6.07) is 13.2. The van der Waals surface area contributed by atoms with Gasteiger partial charge >= 0.3 is 0 Å². The number of benzene rings is 2. The Kier molecular flexibility index (Phi) is 5.99. The molecule has 0 N–H and O–H groups in total. The molecule has 0 spiro atoms. The number of para-hydroxylation sites is 1. The molecule has 7 nitrogen and oxygen atoms in total. The summed E-state index contributed by atoms with van der Waals surface area (Å²) < 4.78 is 18.1. The molecular formula is C23H21N3O4S. The van der Waals surface area contributed by atoms with Crippen LogP contribution in [0, 0.1) is 0 Å². The Morgan fingerprint density at radius 2 is 1.84 bits per heavy atom. The van der Waals surface area contributed by atoms with Crippen LogP contribution in [-0.4, -0.2) is 35.4 Å². The van der Waals surface area contributed by atoms with Gasteiger partial charge in [0.2, 0.25) is 4.96 Å². The van der Waals surface area contributed by atoms with Crippen molar-refractivity contribution < 1.29 is 14.2 Å². The van der Waals surface area contributed by atoms with E-state index in [2.05, 4.69) is 10.1 Å². The maximum Gasteiger partial charge on any atom is 0.291 e. The summed E-state index contributed by atoms with van der Waals surface area (Å²) in [7, 11) is 3.18. The lowest BCUT2D eigenvalue weighted by molar-refractivity contribution is 0.339. The van der Waals surface area contributed by atoms with Gasteiger partial charge in [0.1, 0.15) is 5.75 Å². The third kappa shape index (κ3) is 4.29. The van der Waals surface area contributed by atoms with E-state index in [-0.39, 0.29) is 5.56 Å². The van der Waals surface area contributed by atoms with Gasteiger partial charge in [0, 0.05) is 5.56 Å². The van der Waals surface area contributed by atoms with E-state index in [0.717, 1.165) is 16.9 Å². The molecule has 0 atom stereocenters. The third-order valence-corrected chi connectivity index (χ3v) is 5.50. The molecule has 0 amide bonds. The van der Waals surface area contributed by atoms with Crippen molar-refractivity contribution in [3.63, 3.8) is 0 Å². The number of hydrogen-bond donors (Lipinski definition) is 0. The Hall–Kier alpha value is -3.65. The van der Waals surface area contributed by atoms with Crippen molar-refractivity contribution in [2.45, 2.75) is 6.92 Å². The van der Waals surface area contributed by atoms with Crippen molar-refractivity contribution in [1.29, 1.82) is 0 Å². The SMILES string of the molecule is CCOc1ccccc1C=c1sc2nc(C=Cc3ccc(OC)c(OC)c3)nn2c1=O. The fourth-order valence-electron chi connectivity index (χ4n) is 3.07. The highest BCUT2D eigenvalue weighted by Gasteiger charge is 2.10. The number of rotatable bonds is 7. The average Bonchev–Trinajstić information content (AvgIpc) is 3.32. The van der Waals surface area contributed by atoms with E-state index in [9.17, 15) is 4.79 Å². The minimum Gasteiger partial charge on any atom is -0.493 e. The Morgan fingerprint density at radius 1 is 1.03 bits per heavy atom. The van der Waals surface area contributed by atoms with Gasteiger partial charge in [-0.15, -0.1) is 5.10 Å². The van der Waals surface area contributed by atoms with Crippen LogP contribution in [0.25, 0.3) is 23.2 Å². The first-order valence-corrected chi connectivity index (χ1v) is 10.5. The first-order valence-electron chi connectivity index (χ1n) is 9.66. The summed E-state index contributed by atoms with van der Waals surface area (Å²) in [6.45, 7) is 2.48. The van der Waals surface area contributed by atoms with Crippen LogP contribution < -0.4 is 24.3 Å². The van der Waals surface area contributed by atoms with Gasteiger partial charge in [0.25, 0.3) is 5.56 Å². The van der Waals surface area contributed by atoms with Crippen molar-refractivity contribution in [1.82, 2.24) is 14.6 Å². The van der Waals surface area contributed by atoms with Gasteiger partial charge in [-0.2, -0.15) is 9.50 Å². The molecule has 0 saturated carbocycles. The highest BCUT2D eigenvalue weighted by molar-refractivity contribution is 7.15. The Labute approximate surface area is 182 Å². The van der Waals surface area contributed by atoms with Crippen LogP contribution in [0.5, 0.6) is 17.2 Å². The topological polar surface area (TPSA) is 74.9 Å². The fourth-order valence-corrected chi connectivity index (χ4v) is 3.98. The predicted molar refractivity (Wildman–Crippen MR) is 122 cm³/mol. The number of methoxy groups -OCH3 is 2. The van der Waals surface area contributed by atoms with Crippen LogP contribution in [0.15, 0.2) is 47.3 Å². The molecule has 8 heteroatoms. The number of aromatic nitrogens is 3. The molecule has 0 aliphatic carbocycles. The summed E-state index contributed by atoms with van der Waals surface area (Å²) in [6.07, 6.45) is 5.43. The molecule has 2 aromatic heterocycles. The quantitative estimate of drug-likeness (QED) is 0.444. The molecule has 0 aliphatic rings. The molecule has 4 rings (SSSR count). The summed E-state index contributed by atoms with van der Waals surface area (Å²) in [4.78, 5) is 17.8. The van der Waals surface area contributed by atoms with Crippen LogP contribution in [0.1, 0.15) is 23.9 Å². The summed E-state index contributed by atoms with van der Waals surface area (Å²) in [5, 5.41) is 4.33. The van der Waals surface area contributed by atoms with Crippen LogP contribution in [0.2, 0.25) is 0 Å². The molecule has 0 saturated heterocycles. The van der Waals surface area contributed by atoms with Crippen molar-refractivity contribution in [2.75, 3.05) is 20.8 Å². The Balaban J connectivity index is 1.64. The number of nitrogens with zero attached hydrogens (tertiary/aromatic N) is 3. The minimum absolute atomic E-state index is 0.204. The van der Waals surface area contributed by atoms with Crippen molar-refractivity contribution in [3.05, 3.63) is 74.3 Å². The second kappa shape index (κ2) is 9.01. The zero-order valence-corrected chi connectivity index (χ0v) is 18.2. The summed E-state index contributed by atoms with van der Waals surface area (Å²) in [5.74, 6) is 2.49. The second-order valence-corrected chi connectivity index (χ2v) is 7.51. The predicted octanol–water partition coefficient (Wildman–Crippen LogP) is 3.29. The van der Waals surface area contributed by atoms with E-state index in [1.54, 1.807) is 20.3 Å². The standard InChI is InChI=1S/C23H21N3O4S/c1-4-30-17-8-6-5-7-16(17)14-20-22(27)26-23(31-20)24-21(25-26)12-10-15-9-11-18(28-2)19(13-15)29-3/h5-14H,4H2,1-3H3. The molecule has 2 aromatic carbocycles. The number of fused-ring (bicyclic) bond motifs is 1. The monoisotopic (exact) mass is 435 g/mol. The molecule has 0 unspecified atom stereocenters. The Bertz CT molecular complexity index is 1360. The first kappa shape index (κ1) is 20.6. The number of hydrogen-bond acceptors (Lipinski definition) is 7. The molecule has 2 heterocycles. The van der Waals surface area contributed by atoms with Crippen molar-refractivity contribution in [2.24, 2.45) is 0 Å². The largest absolute Gasteiger partial charge is 0.493 e. The highest BCUT2D eigenvalue weighted by Crippen LogP contribution is 2.28. The lowest BCUT2D eigenvalue weighted by atomic mass is 10.2. The van der Waals surface area contributed by atoms with E-state index in [4.69, 9.17) is 14.2 Å². The molecule has 4 aromatic rings. The van der Waals surface area contributed by atoms with Crippen LogP contribution in [-0.2, 0) is 0 Å². The maximum absolute atomic E-state index is 12.8. The van der Waals surface area contributed by atoms with Gasteiger partial charge in [-0.3, -0.25) is 4.79 Å². The summed E-state index contributed by atoms with van der Waals surface area (Å²) >= 11 is 1.29. The molecule has 158 valence electrons. The summed E-state index contributed by atoms with van der Waals surface area (Å²) in [5.41, 5.74) is 1.55. The fraction of sp³-hybridized carbons (Fsp3) is 0.174. The lowest BCUT2D eigenvalue weighted by Gasteiger charge is -2.07. The van der Waals surface area contributed by atoms with E-state index in [1.807, 2.05) is 61.5 Å². The molecule has 0 fully saturated rings. The molecule has 0 aliphatic heterocycles. The van der Waals surface area contributed by atoms with Gasteiger partial charge in [-0.25, -0.2) is 0 Å². The van der Waals surface area contributed by atoms with E-state index >= 15 is 0 Å². The van der Waals surface area contributed by atoms with Crippen LogP contribution >= 0.6 is 11.3 Å². The van der Waals surface area contributed by atoms with Gasteiger partial charge in [0.15, 0.2) is 17.3 Å².